The largest absolute Gasteiger partial charge is 0.359 e. The number of nitrogens with one attached hydrogen (secondary N) is 1. The van der Waals surface area contributed by atoms with Crippen molar-refractivity contribution in [3.8, 4) is 39.1 Å². The van der Waals surface area contributed by atoms with Crippen LogP contribution in [-0.2, 0) is 0 Å². The summed E-state index contributed by atoms with van der Waals surface area (Å²) in [5, 5.41) is 6.37. The zero-order valence-corrected chi connectivity index (χ0v) is 39.5. The van der Waals surface area contributed by atoms with Gasteiger partial charge in [-0.1, -0.05) is 200 Å². The van der Waals surface area contributed by atoms with Crippen LogP contribution in [0.25, 0.3) is 72.1 Å². The molecule has 11 aromatic rings. The van der Waals surface area contributed by atoms with E-state index in [4.69, 9.17) is 4.99 Å². The molecule has 1 aliphatic heterocycles. The number of aliphatic imine (C=N–C) groups is 1. The minimum Gasteiger partial charge on any atom is -0.359 e. The van der Waals surface area contributed by atoms with E-state index in [1.165, 1.54) is 38.5 Å². The van der Waals surface area contributed by atoms with Crippen molar-refractivity contribution in [1.82, 2.24) is 9.88 Å². The van der Waals surface area contributed by atoms with Crippen molar-refractivity contribution >= 4 is 56.0 Å². The molecule has 13 rings (SSSR count). The number of fused-ring (bicyclic) bond motifs is 4. The monoisotopic (exact) mass is 920 g/mol. The van der Waals surface area contributed by atoms with Crippen molar-refractivity contribution < 1.29 is 0 Å². The van der Waals surface area contributed by atoms with Gasteiger partial charge >= 0.3 is 0 Å². The van der Waals surface area contributed by atoms with Crippen LogP contribution in [0.1, 0.15) is 16.7 Å². The predicted molar refractivity (Wildman–Crippen MR) is 302 cm³/mol. The molecule has 4 heteroatoms. The fourth-order valence-corrected chi connectivity index (χ4v) is 10.5. The summed E-state index contributed by atoms with van der Waals surface area (Å²) >= 11 is 0. The summed E-state index contributed by atoms with van der Waals surface area (Å²) in [6, 6.07) is 93.2. The SMILES string of the molecule is C1=CC2NC(c3cccc(-c4ccc(N(c5ccccc5)c5ccccc5)cc4)c3)=NC(c3ccc(-c4cccc(-c5ccccc5)c4)cc3)=C2C=C1c1cccc(-n2c3ccccc3c3ccccc32)c1. The highest BCUT2D eigenvalue weighted by molar-refractivity contribution is 6.09. The molecule has 0 saturated carbocycles. The maximum absolute atomic E-state index is 5.55. The van der Waals surface area contributed by atoms with E-state index in [9.17, 15) is 0 Å². The average molecular weight is 921 g/mol. The molecule has 72 heavy (non-hydrogen) atoms. The molecule has 0 radical (unpaired) electrons. The maximum Gasteiger partial charge on any atom is 0.134 e. The van der Waals surface area contributed by atoms with Crippen LogP contribution in [0.15, 0.2) is 290 Å². The second-order valence-corrected chi connectivity index (χ2v) is 18.4. The van der Waals surface area contributed by atoms with Gasteiger partial charge in [-0.25, -0.2) is 4.99 Å². The Labute approximate surface area is 420 Å². The molecule has 0 fully saturated rings. The molecule has 1 unspecified atom stereocenters. The Balaban J connectivity index is 0.882. The van der Waals surface area contributed by atoms with Crippen molar-refractivity contribution in [2.24, 2.45) is 4.99 Å². The number of benzene rings is 10. The molecule has 340 valence electrons. The summed E-state index contributed by atoms with van der Waals surface area (Å²) in [4.78, 5) is 7.85. The minimum absolute atomic E-state index is 0.0936. The van der Waals surface area contributed by atoms with Crippen LogP contribution >= 0.6 is 0 Å². The molecule has 2 heterocycles. The van der Waals surface area contributed by atoms with E-state index >= 15 is 0 Å². The second kappa shape index (κ2) is 18.4. The average Bonchev–Trinajstić information content (AvgIpc) is 3.80. The lowest BCUT2D eigenvalue weighted by atomic mass is 9.88. The van der Waals surface area contributed by atoms with E-state index in [0.29, 0.717) is 0 Å². The van der Waals surface area contributed by atoms with E-state index < -0.39 is 0 Å². The highest BCUT2D eigenvalue weighted by atomic mass is 15.1. The summed E-state index contributed by atoms with van der Waals surface area (Å²) < 4.78 is 2.39. The first-order chi connectivity index (χ1) is 35.7. The van der Waals surface area contributed by atoms with Gasteiger partial charge in [0.2, 0.25) is 0 Å². The molecule has 10 aromatic carbocycles. The lowest BCUT2D eigenvalue weighted by Gasteiger charge is -2.29. The molecule has 0 spiro atoms. The van der Waals surface area contributed by atoms with E-state index in [-0.39, 0.29) is 6.04 Å². The van der Waals surface area contributed by atoms with Gasteiger partial charge < -0.3 is 14.8 Å². The molecule has 0 saturated heterocycles. The molecule has 1 atom stereocenters. The third-order valence-electron chi connectivity index (χ3n) is 14.0. The van der Waals surface area contributed by atoms with Crippen molar-refractivity contribution in [2.45, 2.75) is 6.04 Å². The fraction of sp³-hybridized carbons (Fsp3) is 0.0147. The van der Waals surface area contributed by atoms with Crippen molar-refractivity contribution in [3.63, 3.8) is 0 Å². The van der Waals surface area contributed by atoms with Crippen LogP contribution in [0.3, 0.4) is 0 Å². The van der Waals surface area contributed by atoms with Gasteiger partial charge in [-0.2, -0.15) is 0 Å². The molecule has 1 aromatic heterocycles. The maximum atomic E-state index is 5.55. The third-order valence-corrected chi connectivity index (χ3v) is 14.0. The zero-order valence-electron chi connectivity index (χ0n) is 39.5. The highest BCUT2D eigenvalue weighted by Gasteiger charge is 2.27. The fourth-order valence-electron chi connectivity index (χ4n) is 10.5. The van der Waals surface area contributed by atoms with Crippen LogP contribution in [0.5, 0.6) is 0 Å². The summed E-state index contributed by atoms with van der Waals surface area (Å²) in [5.74, 6) is 0.839. The third kappa shape index (κ3) is 8.01. The number of hydrogen-bond donors (Lipinski definition) is 1. The standard InChI is InChI=1S/C68H48N4/c1-4-17-47(18-5-1)51-19-14-20-52(43-51)48-33-35-50(36-34-48)67-63-46-55(54-22-16-28-60(45-54)72-65-31-12-10-29-61(65)62-30-11-13-32-66(62)72)39-42-64(63)69-68(70-67)56-23-15-21-53(44-56)49-37-40-59(41-38-49)71(57-24-6-2-7-25-57)58-26-8-3-9-27-58/h1-46,64H,(H,69,70). The Morgan fingerprint density at radius 1 is 0.375 bits per heavy atom. The molecular formula is C68H48N4. The Bertz CT molecular complexity index is 3820. The van der Waals surface area contributed by atoms with Gasteiger partial charge in [0.05, 0.1) is 22.8 Å². The van der Waals surface area contributed by atoms with E-state index in [2.05, 4.69) is 294 Å². The molecule has 1 N–H and O–H groups in total. The van der Waals surface area contributed by atoms with Gasteiger partial charge in [0, 0.05) is 50.2 Å². The van der Waals surface area contributed by atoms with Crippen molar-refractivity contribution in [1.29, 1.82) is 0 Å². The number of amidine groups is 1. The summed E-state index contributed by atoms with van der Waals surface area (Å²) in [7, 11) is 0. The predicted octanol–water partition coefficient (Wildman–Crippen LogP) is 17.0. The van der Waals surface area contributed by atoms with E-state index in [0.717, 1.165) is 78.8 Å². The van der Waals surface area contributed by atoms with Crippen LogP contribution in [0.4, 0.5) is 17.1 Å². The normalized spacial score (nSPS) is 14.1. The quantitative estimate of drug-likeness (QED) is 0.148. The van der Waals surface area contributed by atoms with Gasteiger partial charge in [0.1, 0.15) is 5.84 Å². The molecule has 0 bridgehead atoms. The summed E-state index contributed by atoms with van der Waals surface area (Å²) in [6.07, 6.45) is 6.90. The number of hydrogen-bond acceptors (Lipinski definition) is 3. The summed E-state index contributed by atoms with van der Waals surface area (Å²) in [5.41, 5.74) is 20.3. The smallest absolute Gasteiger partial charge is 0.134 e. The van der Waals surface area contributed by atoms with Gasteiger partial charge in [-0.05, 0) is 123 Å². The van der Waals surface area contributed by atoms with Crippen LogP contribution in [0.2, 0.25) is 0 Å². The van der Waals surface area contributed by atoms with Crippen LogP contribution < -0.4 is 10.2 Å². The second-order valence-electron chi connectivity index (χ2n) is 18.4. The first-order valence-corrected chi connectivity index (χ1v) is 24.6. The van der Waals surface area contributed by atoms with Gasteiger partial charge in [-0.15, -0.1) is 0 Å². The topological polar surface area (TPSA) is 32.6 Å². The minimum atomic E-state index is -0.0936. The highest BCUT2D eigenvalue weighted by Crippen LogP contribution is 2.39. The van der Waals surface area contributed by atoms with Crippen LogP contribution in [-0.4, -0.2) is 16.4 Å². The Morgan fingerprint density at radius 2 is 0.833 bits per heavy atom. The zero-order chi connectivity index (χ0) is 47.8. The summed E-state index contributed by atoms with van der Waals surface area (Å²) in [6.45, 7) is 0. The van der Waals surface area contributed by atoms with Crippen molar-refractivity contribution in [2.75, 3.05) is 4.90 Å². The Morgan fingerprint density at radius 3 is 1.46 bits per heavy atom. The molecular weight excluding hydrogens is 873 g/mol. The van der Waals surface area contributed by atoms with Gasteiger partial charge in [-0.3, -0.25) is 0 Å². The van der Waals surface area contributed by atoms with Crippen molar-refractivity contribution in [3.05, 3.63) is 301 Å². The van der Waals surface area contributed by atoms with Crippen LogP contribution in [0, 0.1) is 0 Å². The first-order valence-electron chi connectivity index (χ1n) is 24.6. The number of para-hydroxylation sites is 4. The number of nitrogens with zero attached hydrogens (tertiary/aromatic N) is 3. The molecule has 1 aliphatic carbocycles. The number of rotatable bonds is 10. The lowest BCUT2D eigenvalue weighted by Crippen LogP contribution is -2.39. The van der Waals surface area contributed by atoms with Gasteiger partial charge in [0.15, 0.2) is 0 Å². The first kappa shape index (κ1) is 42.6. The molecule has 0 amide bonds. The van der Waals surface area contributed by atoms with Gasteiger partial charge in [0.25, 0.3) is 0 Å². The molecule has 2 aliphatic rings. The number of anilines is 3. The van der Waals surface area contributed by atoms with E-state index in [1.807, 2.05) is 0 Å². The lowest BCUT2D eigenvalue weighted by molar-refractivity contribution is 0.831. The Kier molecular flexibility index (Phi) is 10.9. The van der Waals surface area contributed by atoms with E-state index in [1.54, 1.807) is 0 Å². The Hall–Kier alpha value is -9.51. The molecule has 4 nitrogen and oxygen atoms in total. The number of allylic oxidation sites excluding steroid dienone is 2. The number of aromatic nitrogens is 1.